The van der Waals surface area contributed by atoms with Crippen molar-refractivity contribution in [2.75, 3.05) is 7.11 Å². The summed E-state index contributed by atoms with van der Waals surface area (Å²) in [6.07, 6.45) is 2.08. The van der Waals surface area contributed by atoms with Gasteiger partial charge in [0.2, 0.25) is 0 Å². The van der Waals surface area contributed by atoms with Gasteiger partial charge in [-0.2, -0.15) is 0 Å². The average Bonchev–Trinajstić information content (AvgIpc) is 2.19. The zero-order chi connectivity index (χ0) is 10.6. The second-order valence-electron chi connectivity index (χ2n) is 3.28. The van der Waals surface area contributed by atoms with Crippen LogP contribution >= 0.6 is 15.9 Å². The van der Waals surface area contributed by atoms with Crippen LogP contribution in [-0.4, -0.2) is 7.11 Å². The minimum absolute atomic E-state index is 0.0875. The van der Waals surface area contributed by atoms with Crippen molar-refractivity contribution in [1.82, 2.24) is 0 Å². The number of hydrogen-bond donors (Lipinski definition) is 1. The van der Waals surface area contributed by atoms with Crippen molar-refractivity contribution in [1.29, 1.82) is 0 Å². The molecule has 0 amide bonds. The molecule has 0 heterocycles. The van der Waals surface area contributed by atoms with Crippen molar-refractivity contribution in [2.24, 2.45) is 5.73 Å². The summed E-state index contributed by atoms with van der Waals surface area (Å²) in [5.74, 6) is 0.856. The Hall–Kier alpha value is -0.540. The highest BCUT2D eigenvalue weighted by atomic mass is 79.9. The maximum atomic E-state index is 6.04. The molecule has 0 saturated carbocycles. The summed E-state index contributed by atoms with van der Waals surface area (Å²) >= 11 is 3.49. The van der Waals surface area contributed by atoms with E-state index in [4.69, 9.17) is 10.5 Å². The molecular formula is C11H16BrNO. The SMILES string of the molecule is CCC[C@@H](N)c1cc(OC)ccc1Br. The first-order valence-electron chi connectivity index (χ1n) is 4.78. The number of ether oxygens (including phenoxy) is 1. The number of methoxy groups -OCH3 is 1. The molecule has 1 aromatic carbocycles. The Morgan fingerprint density at radius 2 is 2.21 bits per heavy atom. The minimum atomic E-state index is 0.0875. The van der Waals surface area contributed by atoms with E-state index in [0.717, 1.165) is 28.6 Å². The van der Waals surface area contributed by atoms with E-state index >= 15 is 0 Å². The Labute approximate surface area is 93.6 Å². The molecule has 0 spiro atoms. The fourth-order valence-electron chi connectivity index (χ4n) is 1.40. The second kappa shape index (κ2) is 5.37. The van der Waals surface area contributed by atoms with Gasteiger partial charge in [-0.1, -0.05) is 29.3 Å². The Morgan fingerprint density at radius 3 is 2.79 bits per heavy atom. The van der Waals surface area contributed by atoms with E-state index in [2.05, 4.69) is 22.9 Å². The standard InChI is InChI=1S/C11H16BrNO/c1-3-4-11(13)9-7-8(14-2)5-6-10(9)12/h5-7,11H,3-4,13H2,1-2H3/t11-/m1/s1. The molecule has 0 aliphatic heterocycles. The largest absolute Gasteiger partial charge is 0.497 e. The van der Waals surface area contributed by atoms with Gasteiger partial charge in [-0.3, -0.25) is 0 Å². The van der Waals surface area contributed by atoms with Crippen LogP contribution in [-0.2, 0) is 0 Å². The zero-order valence-electron chi connectivity index (χ0n) is 8.59. The van der Waals surface area contributed by atoms with Gasteiger partial charge in [0.25, 0.3) is 0 Å². The van der Waals surface area contributed by atoms with Crippen molar-refractivity contribution >= 4 is 15.9 Å². The first-order chi connectivity index (χ1) is 6.69. The minimum Gasteiger partial charge on any atom is -0.497 e. The molecule has 0 unspecified atom stereocenters. The van der Waals surface area contributed by atoms with Crippen molar-refractivity contribution in [3.8, 4) is 5.75 Å². The molecule has 0 fully saturated rings. The molecule has 0 aromatic heterocycles. The first-order valence-corrected chi connectivity index (χ1v) is 5.57. The molecule has 2 N–H and O–H groups in total. The molecule has 1 rings (SSSR count). The van der Waals surface area contributed by atoms with Crippen LogP contribution in [0.15, 0.2) is 22.7 Å². The van der Waals surface area contributed by atoms with Gasteiger partial charge in [-0.05, 0) is 30.2 Å². The number of benzene rings is 1. The zero-order valence-corrected chi connectivity index (χ0v) is 10.2. The third-order valence-corrected chi connectivity index (χ3v) is 2.92. The summed E-state index contributed by atoms with van der Waals surface area (Å²) < 4.78 is 6.22. The Bertz CT molecular complexity index is 301. The van der Waals surface area contributed by atoms with E-state index in [-0.39, 0.29) is 6.04 Å². The van der Waals surface area contributed by atoms with Crippen molar-refractivity contribution in [3.63, 3.8) is 0 Å². The number of rotatable bonds is 4. The first kappa shape index (κ1) is 11.5. The van der Waals surface area contributed by atoms with E-state index in [1.807, 2.05) is 18.2 Å². The van der Waals surface area contributed by atoms with Gasteiger partial charge in [0.05, 0.1) is 7.11 Å². The summed E-state index contributed by atoms with van der Waals surface area (Å²) in [7, 11) is 1.67. The highest BCUT2D eigenvalue weighted by Crippen LogP contribution is 2.28. The van der Waals surface area contributed by atoms with Gasteiger partial charge in [-0.15, -0.1) is 0 Å². The monoisotopic (exact) mass is 257 g/mol. The molecule has 3 heteroatoms. The van der Waals surface area contributed by atoms with Gasteiger partial charge in [0.1, 0.15) is 5.75 Å². The Morgan fingerprint density at radius 1 is 1.50 bits per heavy atom. The Balaban J connectivity index is 2.93. The van der Waals surface area contributed by atoms with Crippen molar-refractivity contribution in [2.45, 2.75) is 25.8 Å². The highest BCUT2D eigenvalue weighted by molar-refractivity contribution is 9.10. The van der Waals surface area contributed by atoms with Crippen LogP contribution in [0.2, 0.25) is 0 Å². The molecule has 0 aliphatic rings. The number of hydrogen-bond acceptors (Lipinski definition) is 2. The van der Waals surface area contributed by atoms with E-state index in [9.17, 15) is 0 Å². The molecule has 0 saturated heterocycles. The van der Waals surface area contributed by atoms with Crippen LogP contribution in [0.4, 0.5) is 0 Å². The fraction of sp³-hybridized carbons (Fsp3) is 0.455. The second-order valence-corrected chi connectivity index (χ2v) is 4.14. The van der Waals surface area contributed by atoms with Crippen LogP contribution in [0.5, 0.6) is 5.75 Å². The van der Waals surface area contributed by atoms with Gasteiger partial charge in [0.15, 0.2) is 0 Å². The molecule has 0 bridgehead atoms. The third-order valence-electron chi connectivity index (χ3n) is 2.20. The lowest BCUT2D eigenvalue weighted by Gasteiger charge is -2.13. The molecular weight excluding hydrogens is 242 g/mol. The predicted octanol–water partition coefficient (Wildman–Crippen LogP) is 3.26. The predicted molar refractivity (Wildman–Crippen MR) is 62.5 cm³/mol. The lowest BCUT2D eigenvalue weighted by atomic mass is 10.0. The lowest BCUT2D eigenvalue weighted by molar-refractivity contribution is 0.413. The normalized spacial score (nSPS) is 12.6. The summed E-state index contributed by atoms with van der Waals surface area (Å²) in [5.41, 5.74) is 7.16. The quantitative estimate of drug-likeness (QED) is 0.899. The van der Waals surface area contributed by atoms with E-state index in [1.165, 1.54) is 0 Å². The maximum absolute atomic E-state index is 6.04. The highest BCUT2D eigenvalue weighted by Gasteiger charge is 2.09. The molecule has 1 aromatic rings. The smallest absolute Gasteiger partial charge is 0.119 e. The molecule has 2 nitrogen and oxygen atoms in total. The van der Waals surface area contributed by atoms with Gasteiger partial charge in [-0.25, -0.2) is 0 Å². The van der Waals surface area contributed by atoms with E-state index in [1.54, 1.807) is 7.11 Å². The van der Waals surface area contributed by atoms with Crippen molar-refractivity contribution < 1.29 is 4.74 Å². The van der Waals surface area contributed by atoms with E-state index < -0.39 is 0 Å². The van der Waals surface area contributed by atoms with Crippen molar-refractivity contribution in [3.05, 3.63) is 28.2 Å². The molecule has 0 radical (unpaired) electrons. The molecule has 0 aliphatic carbocycles. The van der Waals surface area contributed by atoms with Crippen LogP contribution in [0.25, 0.3) is 0 Å². The van der Waals surface area contributed by atoms with Crippen LogP contribution < -0.4 is 10.5 Å². The number of halogens is 1. The average molecular weight is 258 g/mol. The summed E-state index contributed by atoms with van der Waals surface area (Å²) in [6, 6.07) is 5.98. The third kappa shape index (κ3) is 2.72. The molecule has 1 atom stereocenters. The lowest BCUT2D eigenvalue weighted by Crippen LogP contribution is -2.10. The van der Waals surface area contributed by atoms with Crippen LogP contribution in [0.3, 0.4) is 0 Å². The summed E-state index contributed by atoms with van der Waals surface area (Å²) in [6.45, 7) is 2.13. The van der Waals surface area contributed by atoms with Gasteiger partial charge < -0.3 is 10.5 Å². The summed E-state index contributed by atoms with van der Waals surface area (Å²) in [5, 5.41) is 0. The van der Waals surface area contributed by atoms with Crippen LogP contribution in [0, 0.1) is 0 Å². The fourth-order valence-corrected chi connectivity index (χ4v) is 1.94. The van der Waals surface area contributed by atoms with Gasteiger partial charge >= 0.3 is 0 Å². The topological polar surface area (TPSA) is 35.2 Å². The van der Waals surface area contributed by atoms with E-state index in [0.29, 0.717) is 0 Å². The molecule has 14 heavy (non-hydrogen) atoms. The number of nitrogens with two attached hydrogens (primary N) is 1. The van der Waals surface area contributed by atoms with Crippen LogP contribution in [0.1, 0.15) is 31.4 Å². The Kier molecular flexibility index (Phi) is 4.42. The summed E-state index contributed by atoms with van der Waals surface area (Å²) in [4.78, 5) is 0. The maximum Gasteiger partial charge on any atom is 0.119 e. The molecule has 78 valence electrons. The van der Waals surface area contributed by atoms with Gasteiger partial charge in [0, 0.05) is 10.5 Å².